The summed E-state index contributed by atoms with van der Waals surface area (Å²) in [6.07, 6.45) is 1.80. The number of methoxy groups -OCH3 is 1. The van der Waals surface area contributed by atoms with E-state index in [1.165, 1.54) is 12.1 Å². The molecule has 7 heteroatoms. The molecule has 0 radical (unpaired) electrons. The number of hydrogen-bond acceptors (Lipinski definition) is 5. The van der Waals surface area contributed by atoms with Gasteiger partial charge in [0.15, 0.2) is 0 Å². The Morgan fingerprint density at radius 2 is 2.32 bits per heavy atom. The lowest BCUT2D eigenvalue weighted by Crippen LogP contribution is -2.51. The average Bonchev–Trinajstić information content (AvgIpc) is 2.54. The molecule has 7 nitrogen and oxygen atoms in total. The molecule has 0 aliphatic carbocycles. The Hall–Kier alpha value is -1.99. The fourth-order valence-electron chi connectivity index (χ4n) is 2.84. The summed E-state index contributed by atoms with van der Waals surface area (Å²) in [5, 5.41) is 10.8. The van der Waals surface area contributed by atoms with Gasteiger partial charge in [-0.05, 0) is 18.4 Å². The van der Waals surface area contributed by atoms with Gasteiger partial charge in [-0.25, -0.2) is 0 Å². The SMILES string of the molecule is CO[C@@H]1CCN(C(=O)Cc2cccc([N+](=O)[O-])c2)[C@@H](CN)C1. The number of amides is 1. The Balaban J connectivity index is 2.05. The molecule has 1 aliphatic heterocycles. The van der Waals surface area contributed by atoms with Crippen LogP contribution in [-0.4, -0.2) is 48.1 Å². The van der Waals surface area contributed by atoms with E-state index in [0.29, 0.717) is 18.7 Å². The second-order valence-corrected chi connectivity index (χ2v) is 5.46. The Morgan fingerprint density at radius 1 is 1.55 bits per heavy atom. The van der Waals surface area contributed by atoms with E-state index in [1.807, 2.05) is 0 Å². The van der Waals surface area contributed by atoms with E-state index in [1.54, 1.807) is 24.1 Å². The fourth-order valence-corrected chi connectivity index (χ4v) is 2.84. The summed E-state index contributed by atoms with van der Waals surface area (Å²) >= 11 is 0. The zero-order valence-corrected chi connectivity index (χ0v) is 12.6. The molecular formula is C15H21N3O4. The highest BCUT2D eigenvalue weighted by atomic mass is 16.6. The number of ether oxygens (including phenoxy) is 1. The van der Waals surface area contributed by atoms with E-state index < -0.39 is 4.92 Å². The van der Waals surface area contributed by atoms with Crippen molar-refractivity contribution in [1.29, 1.82) is 0 Å². The minimum absolute atomic E-state index is 0.00114. The summed E-state index contributed by atoms with van der Waals surface area (Å²) in [5.41, 5.74) is 6.41. The molecule has 0 spiro atoms. The maximum Gasteiger partial charge on any atom is 0.269 e. The maximum atomic E-state index is 12.5. The van der Waals surface area contributed by atoms with E-state index in [-0.39, 0.29) is 30.2 Å². The van der Waals surface area contributed by atoms with Gasteiger partial charge in [-0.15, -0.1) is 0 Å². The highest BCUT2D eigenvalue weighted by molar-refractivity contribution is 5.79. The number of piperidine rings is 1. The summed E-state index contributed by atoms with van der Waals surface area (Å²) in [4.78, 5) is 24.6. The highest BCUT2D eigenvalue weighted by Crippen LogP contribution is 2.21. The van der Waals surface area contributed by atoms with Crippen molar-refractivity contribution in [3.8, 4) is 0 Å². The van der Waals surface area contributed by atoms with Gasteiger partial charge in [0, 0.05) is 38.4 Å². The molecular weight excluding hydrogens is 286 g/mol. The molecule has 1 fully saturated rings. The molecule has 1 saturated heterocycles. The molecule has 0 bridgehead atoms. The first-order chi connectivity index (χ1) is 10.5. The van der Waals surface area contributed by atoms with Crippen LogP contribution in [0.2, 0.25) is 0 Å². The number of nitrogens with zero attached hydrogens (tertiary/aromatic N) is 2. The standard InChI is InChI=1S/C15H21N3O4/c1-22-14-5-6-17(13(9-14)10-16)15(19)8-11-3-2-4-12(7-11)18(20)21/h2-4,7,13-14H,5-6,8-10,16H2,1H3/t13-,14-/m1/s1. The van der Waals surface area contributed by atoms with Gasteiger partial charge in [-0.3, -0.25) is 14.9 Å². The summed E-state index contributed by atoms with van der Waals surface area (Å²) < 4.78 is 5.34. The number of carbonyl (C=O) groups is 1. The van der Waals surface area contributed by atoms with E-state index in [9.17, 15) is 14.9 Å². The number of non-ortho nitro benzene ring substituents is 1. The first-order valence-electron chi connectivity index (χ1n) is 7.30. The monoisotopic (exact) mass is 307 g/mol. The molecule has 0 aromatic heterocycles. The summed E-state index contributed by atoms with van der Waals surface area (Å²) in [6.45, 7) is 0.995. The lowest BCUT2D eigenvalue weighted by Gasteiger charge is -2.38. The Labute approximate surface area is 129 Å². The Kier molecular flexibility index (Phi) is 5.46. The number of nitro benzene ring substituents is 1. The van der Waals surface area contributed by atoms with Gasteiger partial charge in [-0.2, -0.15) is 0 Å². The number of nitro groups is 1. The lowest BCUT2D eigenvalue weighted by atomic mass is 9.98. The second kappa shape index (κ2) is 7.33. The third-order valence-corrected chi connectivity index (χ3v) is 4.07. The Bertz CT molecular complexity index is 549. The van der Waals surface area contributed by atoms with Gasteiger partial charge in [0.2, 0.25) is 5.91 Å². The number of nitrogens with two attached hydrogens (primary N) is 1. The van der Waals surface area contributed by atoms with Crippen LogP contribution in [0.5, 0.6) is 0 Å². The van der Waals surface area contributed by atoms with Crippen molar-refractivity contribution >= 4 is 11.6 Å². The van der Waals surface area contributed by atoms with Crippen LogP contribution in [0, 0.1) is 10.1 Å². The third-order valence-electron chi connectivity index (χ3n) is 4.07. The highest BCUT2D eigenvalue weighted by Gasteiger charge is 2.30. The maximum absolute atomic E-state index is 12.5. The first kappa shape index (κ1) is 16.4. The molecule has 1 heterocycles. The molecule has 1 amide bonds. The first-order valence-corrected chi connectivity index (χ1v) is 7.30. The van der Waals surface area contributed by atoms with E-state index in [2.05, 4.69) is 0 Å². The molecule has 1 aromatic carbocycles. The lowest BCUT2D eigenvalue weighted by molar-refractivity contribution is -0.384. The van der Waals surface area contributed by atoms with Crippen LogP contribution >= 0.6 is 0 Å². The van der Waals surface area contributed by atoms with Crippen molar-refractivity contribution in [3.05, 3.63) is 39.9 Å². The summed E-state index contributed by atoms with van der Waals surface area (Å²) in [5.74, 6) is -0.0505. The Morgan fingerprint density at radius 3 is 2.95 bits per heavy atom. The van der Waals surface area contributed by atoms with Crippen LogP contribution in [0.1, 0.15) is 18.4 Å². The normalized spacial score (nSPS) is 21.6. The largest absolute Gasteiger partial charge is 0.381 e. The van der Waals surface area contributed by atoms with Crippen LogP contribution in [0.25, 0.3) is 0 Å². The van der Waals surface area contributed by atoms with Crippen molar-refractivity contribution in [2.75, 3.05) is 20.2 Å². The summed E-state index contributed by atoms with van der Waals surface area (Å²) in [7, 11) is 1.67. The number of benzene rings is 1. The second-order valence-electron chi connectivity index (χ2n) is 5.46. The average molecular weight is 307 g/mol. The molecule has 1 aliphatic rings. The molecule has 2 atom stereocenters. The predicted octanol–water partition coefficient (Wildman–Crippen LogP) is 1.10. The van der Waals surface area contributed by atoms with Crippen LogP contribution in [0.4, 0.5) is 5.69 Å². The summed E-state index contributed by atoms with van der Waals surface area (Å²) in [6, 6.07) is 6.14. The van der Waals surface area contributed by atoms with Crippen LogP contribution in [0.15, 0.2) is 24.3 Å². The molecule has 1 aromatic rings. The van der Waals surface area contributed by atoms with Crippen molar-refractivity contribution in [2.24, 2.45) is 5.73 Å². The van der Waals surface area contributed by atoms with Crippen LogP contribution in [0.3, 0.4) is 0 Å². The smallest absolute Gasteiger partial charge is 0.269 e. The topological polar surface area (TPSA) is 98.7 Å². The number of rotatable bonds is 5. The van der Waals surface area contributed by atoms with E-state index in [0.717, 1.165) is 12.8 Å². The van der Waals surface area contributed by atoms with Crippen molar-refractivity contribution in [3.63, 3.8) is 0 Å². The van der Waals surface area contributed by atoms with Crippen LogP contribution < -0.4 is 5.73 Å². The molecule has 0 saturated carbocycles. The quantitative estimate of drug-likeness (QED) is 0.649. The van der Waals surface area contributed by atoms with Gasteiger partial charge in [-0.1, -0.05) is 12.1 Å². The fraction of sp³-hybridized carbons (Fsp3) is 0.533. The third kappa shape index (κ3) is 3.80. The van der Waals surface area contributed by atoms with Crippen molar-refractivity contribution in [1.82, 2.24) is 4.90 Å². The number of hydrogen-bond donors (Lipinski definition) is 1. The molecule has 2 rings (SSSR count). The van der Waals surface area contributed by atoms with Gasteiger partial charge in [0.1, 0.15) is 0 Å². The van der Waals surface area contributed by atoms with Gasteiger partial charge >= 0.3 is 0 Å². The van der Waals surface area contributed by atoms with E-state index >= 15 is 0 Å². The minimum Gasteiger partial charge on any atom is -0.381 e. The van der Waals surface area contributed by atoms with Crippen LogP contribution in [-0.2, 0) is 16.0 Å². The van der Waals surface area contributed by atoms with Gasteiger partial charge in [0.05, 0.1) is 17.4 Å². The molecule has 0 unspecified atom stereocenters. The van der Waals surface area contributed by atoms with Gasteiger partial charge < -0.3 is 15.4 Å². The number of likely N-dealkylation sites (tertiary alicyclic amines) is 1. The van der Waals surface area contributed by atoms with E-state index in [4.69, 9.17) is 10.5 Å². The number of carbonyl (C=O) groups excluding carboxylic acids is 1. The minimum atomic E-state index is -0.458. The predicted molar refractivity (Wildman–Crippen MR) is 81.4 cm³/mol. The van der Waals surface area contributed by atoms with Gasteiger partial charge in [0.25, 0.3) is 5.69 Å². The molecule has 120 valence electrons. The molecule has 2 N–H and O–H groups in total. The zero-order valence-electron chi connectivity index (χ0n) is 12.6. The van der Waals surface area contributed by atoms with Crippen molar-refractivity contribution < 1.29 is 14.5 Å². The van der Waals surface area contributed by atoms with Crippen molar-refractivity contribution in [2.45, 2.75) is 31.4 Å². The zero-order chi connectivity index (χ0) is 16.1. The molecule has 22 heavy (non-hydrogen) atoms.